The number of imidazole rings is 1. The second kappa shape index (κ2) is 8.02. The van der Waals surface area contributed by atoms with Gasteiger partial charge in [0.25, 0.3) is 5.91 Å². The number of benzene rings is 1. The predicted molar refractivity (Wildman–Crippen MR) is 106 cm³/mol. The number of carbonyl (C=O) groups excluding carboxylic acids is 2. The van der Waals surface area contributed by atoms with Crippen LogP contribution in [0.3, 0.4) is 0 Å². The monoisotopic (exact) mass is 416 g/mol. The lowest BCUT2D eigenvalue weighted by Gasteiger charge is -2.12. The number of fused-ring (bicyclic) bond motifs is 1. The third-order valence-corrected chi connectivity index (χ3v) is 5.91. The minimum Gasteiger partial charge on any atom is -0.451 e. The molecule has 0 aliphatic carbocycles. The number of hydrogen-bond donors (Lipinski definition) is 1. The highest BCUT2D eigenvalue weighted by Gasteiger charge is 2.17. The third kappa shape index (κ3) is 4.61. The largest absolute Gasteiger partial charge is 0.451 e. The Labute approximate surface area is 168 Å². The molecule has 0 aliphatic heterocycles. The summed E-state index contributed by atoms with van der Waals surface area (Å²) in [6.45, 7) is 1.42. The van der Waals surface area contributed by atoms with Crippen molar-refractivity contribution in [2.75, 3.05) is 26.0 Å². The van der Waals surface area contributed by atoms with E-state index in [0.29, 0.717) is 11.3 Å². The van der Waals surface area contributed by atoms with Crippen molar-refractivity contribution in [3.8, 4) is 0 Å². The molecule has 0 fully saturated rings. The van der Waals surface area contributed by atoms with E-state index in [4.69, 9.17) is 4.74 Å². The lowest BCUT2D eigenvalue weighted by atomic mass is 10.3. The number of aromatic nitrogens is 2. The SMILES string of the molecule is Cc1ccn2cc(C(=O)OCC(=O)Nc3ccc(S(=O)(=O)N(C)C)cc3)nc2c1. The number of nitrogens with zero attached hydrogens (tertiary/aromatic N) is 3. The Kier molecular flexibility index (Phi) is 5.66. The number of pyridine rings is 1. The highest BCUT2D eigenvalue weighted by molar-refractivity contribution is 7.89. The maximum Gasteiger partial charge on any atom is 0.359 e. The predicted octanol–water partition coefficient (Wildman–Crippen LogP) is 1.69. The van der Waals surface area contributed by atoms with Crippen molar-refractivity contribution < 1.29 is 22.7 Å². The van der Waals surface area contributed by atoms with E-state index >= 15 is 0 Å². The first-order valence-electron chi connectivity index (χ1n) is 8.62. The fraction of sp³-hybridized carbons (Fsp3) is 0.211. The molecule has 29 heavy (non-hydrogen) atoms. The van der Waals surface area contributed by atoms with Crippen molar-refractivity contribution in [1.29, 1.82) is 0 Å². The van der Waals surface area contributed by atoms with E-state index in [2.05, 4.69) is 10.3 Å². The van der Waals surface area contributed by atoms with Gasteiger partial charge in [-0.25, -0.2) is 22.5 Å². The first-order valence-corrected chi connectivity index (χ1v) is 10.1. The van der Waals surface area contributed by atoms with Crippen molar-refractivity contribution in [2.45, 2.75) is 11.8 Å². The second-order valence-electron chi connectivity index (χ2n) is 6.53. The average molecular weight is 416 g/mol. The van der Waals surface area contributed by atoms with E-state index in [1.165, 1.54) is 44.6 Å². The Morgan fingerprint density at radius 2 is 1.86 bits per heavy atom. The summed E-state index contributed by atoms with van der Waals surface area (Å²) in [5, 5.41) is 2.54. The molecule has 0 spiro atoms. The summed E-state index contributed by atoms with van der Waals surface area (Å²) < 4.78 is 31.9. The summed E-state index contributed by atoms with van der Waals surface area (Å²) in [7, 11) is -0.678. The van der Waals surface area contributed by atoms with Crippen LogP contribution >= 0.6 is 0 Å². The minimum absolute atomic E-state index is 0.0987. The zero-order valence-corrected chi connectivity index (χ0v) is 16.9. The van der Waals surface area contributed by atoms with Gasteiger partial charge in [-0.1, -0.05) is 0 Å². The van der Waals surface area contributed by atoms with E-state index in [1.54, 1.807) is 10.6 Å². The summed E-state index contributed by atoms with van der Waals surface area (Å²) in [5.74, 6) is -1.27. The fourth-order valence-corrected chi connectivity index (χ4v) is 3.41. The lowest BCUT2D eigenvalue weighted by Crippen LogP contribution is -2.22. The number of carbonyl (C=O) groups is 2. The van der Waals surface area contributed by atoms with Crippen molar-refractivity contribution in [1.82, 2.24) is 13.7 Å². The van der Waals surface area contributed by atoms with Crippen molar-refractivity contribution >= 4 is 33.2 Å². The first kappa shape index (κ1) is 20.5. The van der Waals surface area contributed by atoms with Crippen LogP contribution < -0.4 is 5.32 Å². The van der Waals surface area contributed by atoms with Gasteiger partial charge >= 0.3 is 5.97 Å². The molecule has 9 nitrogen and oxygen atoms in total. The molecule has 0 saturated heterocycles. The molecule has 3 aromatic rings. The van der Waals surface area contributed by atoms with Gasteiger partial charge in [-0.3, -0.25) is 4.79 Å². The normalized spacial score (nSPS) is 11.6. The number of ether oxygens (including phenoxy) is 1. The maximum atomic E-state index is 12.1. The van der Waals surface area contributed by atoms with Crippen molar-refractivity contribution in [2.24, 2.45) is 0 Å². The molecule has 1 amide bonds. The second-order valence-corrected chi connectivity index (χ2v) is 8.68. The molecular formula is C19H20N4O5S. The molecular weight excluding hydrogens is 396 g/mol. The van der Waals surface area contributed by atoms with Gasteiger partial charge < -0.3 is 14.5 Å². The molecule has 10 heteroatoms. The van der Waals surface area contributed by atoms with Gasteiger partial charge in [0.2, 0.25) is 10.0 Å². The minimum atomic E-state index is -3.55. The number of sulfonamides is 1. The topological polar surface area (TPSA) is 110 Å². The van der Waals surface area contributed by atoms with Crippen LogP contribution in [0, 0.1) is 6.92 Å². The molecule has 0 radical (unpaired) electrons. The smallest absolute Gasteiger partial charge is 0.359 e. The van der Waals surface area contributed by atoms with Crippen LogP contribution in [0.1, 0.15) is 16.1 Å². The molecule has 2 heterocycles. The van der Waals surface area contributed by atoms with E-state index < -0.39 is 28.5 Å². The average Bonchev–Trinajstić information content (AvgIpc) is 3.09. The Balaban J connectivity index is 1.58. The van der Waals surface area contributed by atoms with Crippen LogP contribution in [0.5, 0.6) is 0 Å². The van der Waals surface area contributed by atoms with Crippen molar-refractivity contribution in [3.05, 3.63) is 60.0 Å². The number of aryl methyl sites for hydroxylation is 1. The van der Waals surface area contributed by atoms with Gasteiger partial charge in [0, 0.05) is 32.2 Å². The van der Waals surface area contributed by atoms with Crippen LogP contribution in [-0.4, -0.2) is 54.7 Å². The van der Waals surface area contributed by atoms with E-state index in [9.17, 15) is 18.0 Å². The van der Waals surface area contributed by atoms with Crippen molar-refractivity contribution in [3.63, 3.8) is 0 Å². The number of amides is 1. The Bertz CT molecular complexity index is 1170. The van der Waals surface area contributed by atoms with Gasteiger partial charge in [-0.05, 0) is 48.9 Å². The quantitative estimate of drug-likeness (QED) is 0.613. The summed E-state index contributed by atoms with van der Waals surface area (Å²) in [4.78, 5) is 28.4. The zero-order chi connectivity index (χ0) is 21.2. The standard InChI is InChI=1S/C19H20N4O5S/c1-13-8-9-23-11-16(21-17(23)10-13)19(25)28-12-18(24)20-14-4-6-15(7-5-14)29(26,27)22(2)3/h4-11H,12H2,1-3H3,(H,20,24). The Morgan fingerprint density at radius 3 is 2.52 bits per heavy atom. The van der Waals surface area contributed by atoms with Gasteiger partial charge in [-0.2, -0.15) is 0 Å². The number of anilines is 1. The molecule has 0 atom stereocenters. The number of esters is 1. The molecule has 2 aromatic heterocycles. The van der Waals surface area contributed by atoms with Gasteiger partial charge in [0.15, 0.2) is 12.3 Å². The summed E-state index contributed by atoms with van der Waals surface area (Å²) in [6, 6.07) is 9.39. The maximum absolute atomic E-state index is 12.1. The van der Waals surface area contributed by atoms with E-state index in [0.717, 1.165) is 9.87 Å². The zero-order valence-electron chi connectivity index (χ0n) is 16.1. The number of rotatable bonds is 6. The van der Waals surface area contributed by atoms with Crippen LogP contribution in [0.4, 0.5) is 5.69 Å². The van der Waals surface area contributed by atoms with Gasteiger partial charge in [-0.15, -0.1) is 0 Å². The summed E-state index contributed by atoms with van der Waals surface area (Å²) in [5.41, 5.74) is 2.09. The van der Waals surface area contributed by atoms with Crippen LogP contribution in [0.15, 0.2) is 53.7 Å². The van der Waals surface area contributed by atoms with Gasteiger partial charge in [0.1, 0.15) is 5.65 Å². The molecule has 0 saturated carbocycles. The third-order valence-electron chi connectivity index (χ3n) is 4.08. The fourth-order valence-electron chi connectivity index (χ4n) is 2.51. The summed E-state index contributed by atoms with van der Waals surface area (Å²) in [6.07, 6.45) is 3.31. The Morgan fingerprint density at radius 1 is 1.17 bits per heavy atom. The number of nitrogens with one attached hydrogen (secondary N) is 1. The van der Waals surface area contributed by atoms with E-state index in [1.807, 2.05) is 19.1 Å². The molecule has 152 valence electrons. The van der Waals surface area contributed by atoms with E-state index in [-0.39, 0.29) is 10.6 Å². The highest BCUT2D eigenvalue weighted by atomic mass is 32.2. The Hall–Kier alpha value is -3.24. The van der Waals surface area contributed by atoms with Gasteiger partial charge in [0.05, 0.1) is 4.90 Å². The van der Waals surface area contributed by atoms with Crippen LogP contribution in [-0.2, 0) is 19.6 Å². The molecule has 0 unspecified atom stereocenters. The number of hydrogen-bond acceptors (Lipinski definition) is 6. The highest BCUT2D eigenvalue weighted by Crippen LogP contribution is 2.16. The van der Waals surface area contributed by atoms with Crippen LogP contribution in [0.2, 0.25) is 0 Å². The lowest BCUT2D eigenvalue weighted by molar-refractivity contribution is -0.119. The molecule has 0 aliphatic rings. The summed E-state index contributed by atoms with van der Waals surface area (Å²) >= 11 is 0. The van der Waals surface area contributed by atoms with Crippen LogP contribution in [0.25, 0.3) is 5.65 Å². The first-order chi connectivity index (χ1) is 13.7. The molecule has 1 aromatic carbocycles. The molecule has 1 N–H and O–H groups in total. The molecule has 0 bridgehead atoms. The molecule has 3 rings (SSSR count).